The van der Waals surface area contributed by atoms with Crippen molar-refractivity contribution in [2.75, 3.05) is 0 Å². The molecule has 4 heteroatoms. The topological polar surface area (TPSA) is 18.5 Å². The maximum Gasteiger partial charge on any atom is 0.495 e. The minimum absolute atomic E-state index is 0.276. The van der Waals surface area contributed by atoms with Crippen LogP contribution in [0.2, 0.25) is 0 Å². The molecule has 1 saturated heterocycles. The molecule has 1 aliphatic rings. The van der Waals surface area contributed by atoms with Crippen molar-refractivity contribution >= 4 is 28.5 Å². The first-order valence-electron chi connectivity index (χ1n) is 6.27. The third-order valence-corrected chi connectivity index (χ3v) is 5.13. The Balaban J connectivity index is 2.39. The Morgan fingerprint density at radius 1 is 0.944 bits per heavy atom. The summed E-state index contributed by atoms with van der Waals surface area (Å²) in [5.74, 6) is 0. The molecule has 0 amide bonds. The second kappa shape index (κ2) is 4.36. The molecular weight excluding hydrogens is 291 g/mol. The van der Waals surface area contributed by atoms with Gasteiger partial charge in [-0.2, -0.15) is 0 Å². The van der Waals surface area contributed by atoms with E-state index < -0.39 is 0 Å². The van der Waals surface area contributed by atoms with Crippen molar-refractivity contribution in [2.45, 2.75) is 52.7 Å². The smallest absolute Gasteiger partial charge is 0.399 e. The monoisotopic (exact) mass is 310 g/mol. The number of halogens is 1. The highest BCUT2D eigenvalue weighted by Gasteiger charge is 2.52. The van der Waals surface area contributed by atoms with Crippen LogP contribution in [0.15, 0.2) is 16.6 Å². The SMILES string of the molecule is Cc1c(Br)ccc(B2OC(C)(C)C(C)(C)O2)c1C. The molecule has 0 unspecified atom stereocenters. The second-order valence-corrected chi connectivity index (χ2v) is 6.83. The van der Waals surface area contributed by atoms with Crippen LogP contribution in [0.1, 0.15) is 38.8 Å². The van der Waals surface area contributed by atoms with Crippen LogP contribution in [0.4, 0.5) is 0 Å². The molecule has 1 fully saturated rings. The van der Waals surface area contributed by atoms with Gasteiger partial charge in [0.05, 0.1) is 11.2 Å². The van der Waals surface area contributed by atoms with Gasteiger partial charge < -0.3 is 9.31 Å². The Kier molecular flexibility index (Phi) is 3.42. The van der Waals surface area contributed by atoms with Crippen LogP contribution in [0.3, 0.4) is 0 Å². The van der Waals surface area contributed by atoms with Crippen LogP contribution in [0.25, 0.3) is 0 Å². The molecule has 1 aromatic carbocycles. The molecule has 0 saturated carbocycles. The van der Waals surface area contributed by atoms with Crippen molar-refractivity contribution in [3.8, 4) is 0 Å². The standard InChI is InChI=1S/C14H20BBrO2/c1-9-10(2)12(16)8-7-11(9)15-17-13(3,4)14(5,6)18-15/h7-8H,1-6H3. The summed E-state index contributed by atoms with van der Waals surface area (Å²) in [7, 11) is -0.276. The van der Waals surface area contributed by atoms with E-state index >= 15 is 0 Å². The lowest BCUT2D eigenvalue weighted by molar-refractivity contribution is 0.00578. The molecule has 1 aliphatic heterocycles. The van der Waals surface area contributed by atoms with Crippen LogP contribution >= 0.6 is 15.9 Å². The molecule has 0 radical (unpaired) electrons. The normalized spacial score (nSPS) is 21.4. The van der Waals surface area contributed by atoms with E-state index in [1.165, 1.54) is 11.1 Å². The Hall–Kier alpha value is -0.315. The first-order valence-corrected chi connectivity index (χ1v) is 7.06. The molecule has 0 aliphatic carbocycles. The molecule has 2 rings (SSSR count). The van der Waals surface area contributed by atoms with Gasteiger partial charge in [0.1, 0.15) is 0 Å². The largest absolute Gasteiger partial charge is 0.495 e. The highest BCUT2D eigenvalue weighted by atomic mass is 79.9. The zero-order valence-electron chi connectivity index (χ0n) is 11.9. The highest BCUT2D eigenvalue weighted by Crippen LogP contribution is 2.37. The molecule has 0 N–H and O–H groups in total. The molecule has 98 valence electrons. The van der Waals surface area contributed by atoms with Gasteiger partial charge in [-0.05, 0) is 64.2 Å². The number of rotatable bonds is 1. The van der Waals surface area contributed by atoms with Gasteiger partial charge in [-0.3, -0.25) is 0 Å². The van der Waals surface area contributed by atoms with Gasteiger partial charge in [0.25, 0.3) is 0 Å². The van der Waals surface area contributed by atoms with E-state index in [1.54, 1.807) is 0 Å². The summed E-state index contributed by atoms with van der Waals surface area (Å²) >= 11 is 3.55. The average Bonchev–Trinajstić information content (AvgIpc) is 2.45. The van der Waals surface area contributed by atoms with E-state index in [0.29, 0.717) is 0 Å². The number of hydrogen-bond acceptors (Lipinski definition) is 2. The molecule has 18 heavy (non-hydrogen) atoms. The predicted molar refractivity (Wildman–Crippen MR) is 79.3 cm³/mol. The van der Waals surface area contributed by atoms with Crippen LogP contribution in [-0.2, 0) is 9.31 Å². The lowest BCUT2D eigenvalue weighted by Crippen LogP contribution is -2.41. The lowest BCUT2D eigenvalue weighted by atomic mass is 9.75. The van der Waals surface area contributed by atoms with Crippen LogP contribution in [-0.4, -0.2) is 18.3 Å². The summed E-state index contributed by atoms with van der Waals surface area (Å²) in [6.07, 6.45) is 0. The summed E-state index contributed by atoms with van der Waals surface area (Å²) in [6, 6.07) is 4.14. The Morgan fingerprint density at radius 3 is 1.94 bits per heavy atom. The van der Waals surface area contributed by atoms with E-state index in [2.05, 4.69) is 69.6 Å². The fourth-order valence-corrected chi connectivity index (χ4v) is 2.46. The fraction of sp³-hybridized carbons (Fsp3) is 0.571. The van der Waals surface area contributed by atoms with Crippen LogP contribution in [0, 0.1) is 13.8 Å². The zero-order chi connectivity index (χ0) is 13.7. The third kappa shape index (κ3) is 2.15. The lowest BCUT2D eigenvalue weighted by Gasteiger charge is -2.32. The zero-order valence-corrected chi connectivity index (χ0v) is 13.5. The summed E-state index contributed by atoms with van der Waals surface area (Å²) < 4.78 is 13.3. The summed E-state index contributed by atoms with van der Waals surface area (Å²) in [5.41, 5.74) is 3.01. The van der Waals surface area contributed by atoms with Crippen molar-refractivity contribution < 1.29 is 9.31 Å². The van der Waals surface area contributed by atoms with Crippen LogP contribution < -0.4 is 5.46 Å². The van der Waals surface area contributed by atoms with Gasteiger partial charge in [-0.1, -0.05) is 22.0 Å². The summed E-state index contributed by atoms with van der Waals surface area (Å²) in [6.45, 7) is 12.5. The van der Waals surface area contributed by atoms with E-state index in [9.17, 15) is 0 Å². The molecule has 1 heterocycles. The number of benzene rings is 1. The molecule has 0 aromatic heterocycles. The van der Waals surface area contributed by atoms with Crippen molar-refractivity contribution in [3.63, 3.8) is 0 Å². The quantitative estimate of drug-likeness (QED) is 0.741. The fourth-order valence-electron chi connectivity index (χ4n) is 2.03. The predicted octanol–water partition coefficient (Wildman–Crippen LogP) is 3.37. The maximum absolute atomic E-state index is 6.09. The summed E-state index contributed by atoms with van der Waals surface area (Å²) in [4.78, 5) is 0. The van der Waals surface area contributed by atoms with Gasteiger partial charge in [0.2, 0.25) is 0 Å². The molecule has 0 atom stereocenters. The van der Waals surface area contributed by atoms with Crippen LogP contribution in [0.5, 0.6) is 0 Å². The summed E-state index contributed by atoms with van der Waals surface area (Å²) in [5, 5.41) is 0. The Morgan fingerprint density at radius 2 is 1.44 bits per heavy atom. The molecular formula is C14H20BBrO2. The van der Waals surface area contributed by atoms with E-state index in [4.69, 9.17) is 9.31 Å². The van der Waals surface area contributed by atoms with E-state index in [1.807, 2.05) is 0 Å². The van der Waals surface area contributed by atoms with Gasteiger partial charge in [-0.25, -0.2) is 0 Å². The van der Waals surface area contributed by atoms with E-state index in [0.717, 1.165) is 9.94 Å². The minimum Gasteiger partial charge on any atom is -0.399 e. The van der Waals surface area contributed by atoms with Gasteiger partial charge in [0.15, 0.2) is 0 Å². The second-order valence-electron chi connectivity index (χ2n) is 5.97. The van der Waals surface area contributed by atoms with Crippen molar-refractivity contribution in [1.82, 2.24) is 0 Å². The number of hydrogen-bond donors (Lipinski definition) is 0. The molecule has 2 nitrogen and oxygen atoms in total. The first kappa shape index (κ1) is 14.1. The molecule has 1 aromatic rings. The van der Waals surface area contributed by atoms with Gasteiger partial charge >= 0.3 is 7.12 Å². The Bertz CT molecular complexity index is 467. The average molecular weight is 311 g/mol. The Labute approximate surface area is 118 Å². The van der Waals surface area contributed by atoms with E-state index in [-0.39, 0.29) is 18.3 Å². The maximum atomic E-state index is 6.09. The minimum atomic E-state index is -0.287. The highest BCUT2D eigenvalue weighted by molar-refractivity contribution is 9.10. The van der Waals surface area contributed by atoms with Crippen molar-refractivity contribution in [2.24, 2.45) is 0 Å². The van der Waals surface area contributed by atoms with Gasteiger partial charge in [-0.15, -0.1) is 0 Å². The molecule has 0 bridgehead atoms. The first-order chi connectivity index (χ1) is 8.16. The van der Waals surface area contributed by atoms with Crippen molar-refractivity contribution in [3.05, 3.63) is 27.7 Å². The van der Waals surface area contributed by atoms with Gasteiger partial charge in [0, 0.05) is 4.47 Å². The molecule has 0 spiro atoms. The van der Waals surface area contributed by atoms with Crippen molar-refractivity contribution in [1.29, 1.82) is 0 Å². The third-order valence-electron chi connectivity index (χ3n) is 4.27.